The fourth-order valence-electron chi connectivity index (χ4n) is 2.87. The lowest BCUT2D eigenvalue weighted by atomic mass is 10.0. The van der Waals surface area contributed by atoms with Crippen molar-refractivity contribution in [1.82, 2.24) is 5.16 Å². The van der Waals surface area contributed by atoms with Gasteiger partial charge in [-0.2, -0.15) is 0 Å². The first-order valence-corrected chi connectivity index (χ1v) is 8.62. The summed E-state index contributed by atoms with van der Waals surface area (Å²) in [7, 11) is -2.32. The maximum atomic E-state index is 13.1. The minimum Gasteiger partial charge on any atom is -0.497 e. The molecule has 23 heavy (non-hydrogen) atoms. The lowest BCUT2D eigenvalue weighted by molar-refractivity contribution is 0.166. The van der Waals surface area contributed by atoms with Gasteiger partial charge in [-0.1, -0.05) is 11.2 Å². The molecule has 1 aromatic carbocycles. The topological polar surface area (TPSA) is 92.9 Å². The normalized spacial score (nSPS) is 17.9. The lowest BCUT2D eigenvalue weighted by Crippen LogP contribution is -2.37. The van der Waals surface area contributed by atoms with Gasteiger partial charge in [0.25, 0.3) is 10.0 Å². The van der Waals surface area contributed by atoms with Gasteiger partial charge in [-0.05, 0) is 26.3 Å². The zero-order chi connectivity index (χ0) is 16.8. The van der Waals surface area contributed by atoms with E-state index in [0.29, 0.717) is 29.1 Å². The Morgan fingerprint density at radius 2 is 2.13 bits per heavy atom. The van der Waals surface area contributed by atoms with Crippen molar-refractivity contribution < 1.29 is 22.8 Å². The first kappa shape index (κ1) is 15.8. The average Bonchev–Trinajstić information content (AvgIpc) is 2.86. The number of aliphatic hydroxyl groups is 1. The zero-order valence-corrected chi connectivity index (χ0v) is 13.9. The summed E-state index contributed by atoms with van der Waals surface area (Å²) in [6.07, 6.45) is -0.380. The van der Waals surface area contributed by atoms with E-state index in [9.17, 15) is 13.5 Å². The molecule has 1 atom stereocenters. The van der Waals surface area contributed by atoms with Crippen molar-refractivity contribution in [3.05, 3.63) is 35.2 Å². The van der Waals surface area contributed by atoms with Crippen LogP contribution in [0, 0.1) is 13.8 Å². The molecule has 0 fully saturated rings. The molecule has 0 saturated carbocycles. The molecule has 0 amide bonds. The molecule has 0 radical (unpaired) electrons. The summed E-state index contributed by atoms with van der Waals surface area (Å²) in [5, 5.41) is 13.9. The fourth-order valence-corrected chi connectivity index (χ4v) is 4.66. The van der Waals surface area contributed by atoms with Crippen LogP contribution < -0.4 is 9.04 Å². The van der Waals surface area contributed by atoms with Crippen LogP contribution in [0.5, 0.6) is 5.75 Å². The monoisotopic (exact) mass is 338 g/mol. The summed E-state index contributed by atoms with van der Waals surface area (Å²) in [4.78, 5) is 0.0719. The number of sulfonamides is 1. The minimum absolute atomic E-state index is 0.0719. The van der Waals surface area contributed by atoms with Crippen LogP contribution in [0.1, 0.15) is 29.5 Å². The highest BCUT2D eigenvalue weighted by molar-refractivity contribution is 7.93. The summed E-state index contributed by atoms with van der Waals surface area (Å²) in [6, 6.07) is 5.01. The Balaban J connectivity index is 2.17. The van der Waals surface area contributed by atoms with Crippen molar-refractivity contribution in [3.63, 3.8) is 0 Å². The molecule has 8 heteroatoms. The second-order valence-corrected chi connectivity index (χ2v) is 7.26. The summed E-state index contributed by atoms with van der Waals surface area (Å²) >= 11 is 0. The second kappa shape index (κ2) is 5.54. The van der Waals surface area contributed by atoms with Gasteiger partial charge in [0.15, 0.2) is 10.7 Å². The van der Waals surface area contributed by atoms with E-state index in [1.807, 2.05) is 0 Å². The van der Waals surface area contributed by atoms with Gasteiger partial charge in [0.2, 0.25) is 0 Å². The van der Waals surface area contributed by atoms with Gasteiger partial charge in [-0.15, -0.1) is 0 Å². The summed E-state index contributed by atoms with van der Waals surface area (Å²) in [5.41, 5.74) is 1.30. The lowest BCUT2D eigenvalue weighted by Gasteiger charge is -2.33. The number of ether oxygens (including phenoxy) is 1. The maximum Gasteiger partial charge on any atom is 0.269 e. The van der Waals surface area contributed by atoms with Crippen molar-refractivity contribution >= 4 is 15.7 Å². The molecular formula is C15H18N2O5S. The number of aromatic nitrogens is 1. The molecule has 7 nitrogen and oxygen atoms in total. The van der Waals surface area contributed by atoms with Crippen LogP contribution >= 0.6 is 0 Å². The van der Waals surface area contributed by atoms with E-state index in [-0.39, 0.29) is 17.2 Å². The molecule has 0 aliphatic carbocycles. The first-order chi connectivity index (χ1) is 10.9. The molecule has 0 saturated heterocycles. The first-order valence-electron chi connectivity index (χ1n) is 7.18. The average molecular weight is 338 g/mol. The molecule has 0 bridgehead atoms. The van der Waals surface area contributed by atoms with E-state index in [1.165, 1.54) is 11.4 Å². The van der Waals surface area contributed by atoms with Crippen molar-refractivity contribution in [2.75, 3.05) is 18.0 Å². The molecule has 1 aromatic heterocycles. The van der Waals surface area contributed by atoms with Gasteiger partial charge in [-0.3, -0.25) is 4.31 Å². The number of aryl methyl sites for hydroxylation is 2. The molecule has 124 valence electrons. The highest BCUT2D eigenvalue weighted by atomic mass is 32.2. The highest BCUT2D eigenvalue weighted by Gasteiger charge is 2.36. The van der Waals surface area contributed by atoms with E-state index in [4.69, 9.17) is 9.26 Å². The molecule has 0 spiro atoms. The SMILES string of the molecule is COc1ccc2c(c1)N(S(=O)(=O)c1c(C)noc1C)CCC2O. The number of hydrogen-bond donors (Lipinski definition) is 1. The minimum atomic E-state index is -3.83. The number of rotatable bonds is 3. The fraction of sp³-hybridized carbons (Fsp3) is 0.400. The third-order valence-corrected chi connectivity index (χ3v) is 6.05. The molecule has 1 unspecified atom stereocenters. The summed E-state index contributed by atoms with van der Waals surface area (Å²) in [5.74, 6) is 0.773. The van der Waals surface area contributed by atoms with Gasteiger partial charge in [0, 0.05) is 18.2 Å². The number of nitrogens with zero attached hydrogens (tertiary/aromatic N) is 2. The number of hydrogen-bond acceptors (Lipinski definition) is 6. The predicted molar refractivity (Wildman–Crippen MR) is 83.1 cm³/mol. The third-order valence-electron chi connectivity index (χ3n) is 3.99. The van der Waals surface area contributed by atoms with E-state index in [1.54, 1.807) is 32.0 Å². The highest BCUT2D eigenvalue weighted by Crippen LogP contribution is 2.39. The van der Waals surface area contributed by atoms with Crippen molar-refractivity contribution in [1.29, 1.82) is 0 Å². The molecule has 1 N–H and O–H groups in total. The number of anilines is 1. The standard InChI is InChI=1S/C15H18N2O5S/c1-9-15(10(2)22-16-9)23(19,20)17-7-6-14(18)12-5-4-11(21-3)8-13(12)17/h4-5,8,14,18H,6-7H2,1-3H3. The van der Waals surface area contributed by atoms with Crippen LogP contribution in [0.2, 0.25) is 0 Å². The van der Waals surface area contributed by atoms with Gasteiger partial charge < -0.3 is 14.4 Å². The van der Waals surface area contributed by atoms with E-state index in [0.717, 1.165) is 0 Å². The second-order valence-electron chi connectivity index (χ2n) is 5.46. The number of fused-ring (bicyclic) bond motifs is 1. The number of aliphatic hydroxyl groups excluding tert-OH is 1. The molecule has 1 aliphatic rings. The van der Waals surface area contributed by atoms with Crippen LogP contribution in [-0.4, -0.2) is 32.3 Å². The Kier molecular flexibility index (Phi) is 3.81. The zero-order valence-electron chi connectivity index (χ0n) is 13.1. The largest absolute Gasteiger partial charge is 0.497 e. The molecule has 2 heterocycles. The summed E-state index contributed by atoms with van der Waals surface area (Å²) in [6.45, 7) is 3.33. The van der Waals surface area contributed by atoms with E-state index in [2.05, 4.69) is 5.16 Å². The quantitative estimate of drug-likeness (QED) is 0.919. The van der Waals surface area contributed by atoms with E-state index < -0.39 is 16.1 Å². The van der Waals surface area contributed by atoms with Crippen LogP contribution in [0.15, 0.2) is 27.6 Å². The molecular weight excluding hydrogens is 320 g/mol. The Bertz CT molecular complexity index is 824. The van der Waals surface area contributed by atoms with Crippen molar-refractivity contribution in [3.8, 4) is 5.75 Å². The van der Waals surface area contributed by atoms with Gasteiger partial charge >= 0.3 is 0 Å². The van der Waals surface area contributed by atoms with Gasteiger partial charge in [0.1, 0.15) is 11.4 Å². The predicted octanol–water partition coefficient (Wildman–Crippen LogP) is 1.93. The Morgan fingerprint density at radius 3 is 2.74 bits per heavy atom. The van der Waals surface area contributed by atoms with Crippen molar-refractivity contribution in [2.24, 2.45) is 0 Å². The Labute approximate surface area is 134 Å². The third kappa shape index (κ3) is 2.47. The molecule has 1 aliphatic heterocycles. The van der Waals surface area contributed by atoms with Gasteiger partial charge in [-0.25, -0.2) is 8.42 Å². The molecule has 2 aromatic rings. The van der Waals surface area contributed by atoms with Crippen LogP contribution in [0.3, 0.4) is 0 Å². The van der Waals surface area contributed by atoms with Crippen molar-refractivity contribution in [2.45, 2.75) is 31.3 Å². The van der Waals surface area contributed by atoms with Crippen LogP contribution in [0.25, 0.3) is 0 Å². The number of benzene rings is 1. The Hall–Kier alpha value is -2.06. The van der Waals surface area contributed by atoms with Crippen LogP contribution in [-0.2, 0) is 10.0 Å². The van der Waals surface area contributed by atoms with E-state index >= 15 is 0 Å². The van der Waals surface area contributed by atoms with Gasteiger partial charge in [0.05, 0.1) is 18.9 Å². The number of methoxy groups -OCH3 is 1. The Morgan fingerprint density at radius 1 is 1.39 bits per heavy atom. The maximum absolute atomic E-state index is 13.1. The summed E-state index contributed by atoms with van der Waals surface area (Å²) < 4.78 is 37.6. The van der Waals surface area contributed by atoms with Crippen LogP contribution in [0.4, 0.5) is 5.69 Å². The smallest absolute Gasteiger partial charge is 0.269 e. The molecule has 3 rings (SSSR count).